The van der Waals surface area contributed by atoms with Crippen molar-refractivity contribution in [1.29, 1.82) is 0 Å². The summed E-state index contributed by atoms with van der Waals surface area (Å²) in [6, 6.07) is 14.6. The number of fused-ring (bicyclic) bond motifs is 1. The molecule has 0 aliphatic rings. The van der Waals surface area contributed by atoms with Crippen LogP contribution in [0, 0.1) is 19.7 Å². The number of benzene rings is 3. The van der Waals surface area contributed by atoms with Crippen LogP contribution in [-0.4, -0.2) is 11.1 Å². The Bertz CT molecular complexity index is 913. The summed E-state index contributed by atoms with van der Waals surface area (Å²) < 4.78 is 14.3. The van der Waals surface area contributed by atoms with Crippen molar-refractivity contribution >= 4 is 16.7 Å². The molecule has 0 aliphatic carbocycles. The van der Waals surface area contributed by atoms with Gasteiger partial charge in [-0.1, -0.05) is 48.5 Å². The second-order valence-electron chi connectivity index (χ2n) is 5.80. The van der Waals surface area contributed by atoms with E-state index in [1.165, 1.54) is 0 Å². The van der Waals surface area contributed by atoms with Crippen LogP contribution in [0.1, 0.15) is 32.6 Å². The molecule has 0 saturated carbocycles. The standard InChI is InChI=1S/C20H17FO2/c1-12-6-5-7-14(18(12)20(22)23)11-15-10-13(2)19(21)17-9-4-3-8-16(15)17/h3-10H,11H2,1-2H3,(H,22,23). The molecule has 0 aromatic heterocycles. The monoisotopic (exact) mass is 308 g/mol. The molecule has 0 fully saturated rings. The number of carbonyl (C=O) groups is 1. The number of aromatic carboxylic acids is 1. The molecule has 3 aromatic carbocycles. The van der Waals surface area contributed by atoms with Crippen molar-refractivity contribution in [3.8, 4) is 0 Å². The fraction of sp³-hybridized carbons (Fsp3) is 0.150. The zero-order valence-corrected chi connectivity index (χ0v) is 13.1. The minimum absolute atomic E-state index is 0.216. The molecule has 3 heteroatoms. The topological polar surface area (TPSA) is 37.3 Å². The molecule has 3 aromatic rings. The lowest BCUT2D eigenvalue weighted by Gasteiger charge is -2.13. The third-order valence-electron chi connectivity index (χ3n) is 4.20. The average Bonchev–Trinajstić information content (AvgIpc) is 2.52. The van der Waals surface area contributed by atoms with Gasteiger partial charge in [-0.2, -0.15) is 0 Å². The zero-order chi connectivity index (χ0) is 16.6. The number of halogens is 1. The molecule has 0 spiro atoms. The van der Waals surface area contributed by atoms with Gasteiger partial charge in [-0.05, 0) is 47.9 Å². The smallest absolute Gasteiger partial charge is 0.336 e. The molecule has 0 saturated heterocycles. The molecule has 2 nitrogen and oxygen atoms in total. The van der Waals surface area contributed by atoms with Crippen LogP contribution in [0.4, 0.5) is 4.39 Å². The summed E-state index contributed by atoms with van der Waals surface area (Å²) in [6.07, 6.45) is 0.463. The Morgan fingerprint density at radius 2 is 1.65 bits per heavy atom. The van der Waals surface area contributed by atoms with E-state index in [-0.39, 0.29) is 5.82 Å². The van der Waals surface area contributed by atoms with Crippen molar-refractivity contribution in [3.63, 3.8) is 0 Å². The van der Waals surface area contributed by atoms with Crippen LogP contribution in [0.3, 0.4) is 0 Å². The normalized spacial score (nSPS) is 10.9. The molecule has 0 unspecified atom stereocenters. The van der Waals surface area contributed by atoms with E-state index in [0.717, 1.165) is 22.1 Å². The molecular weight excluding hydrogens is 291 g/mol. The van der Waals surface area contributed by atoms with Crippen molar-refractivity contribution in [1.82, 2.24) is 0 Å². The molecule has 23 heavy (non-hydrogen) atoms. The van der Waals surface area contributed by atoms with Crippen LogP contribution in [0.25, 0.3) is 10.8 Å². The van der Waals surface area contributed by atoms with Crippen molar-refractivity contribution in [2.24, 2.45) is 0 Å². The lowest BCUT2D eigenvalue weighted by atomic mass is 9.92. The van der Waals surface area contributed by atoms with Gasteiger partial charge < -0.3 is 5.11 Å². The Morgan fingerprint density at radius 1 is 0.957 bits per heavy atom. The number of carboxylic acids is 1. The molecule has 0 bridgehead atoms. The predicted molar refractivity (Wildman–Crippen MR) is 89.6 cm³/mol. The van der Waals surface area contributed by atoms with Crippen LogP contribution in [0.5, 0.6) is 0 Å². The average molecular weight is 308 g/mol. The maximum Gasteiger partial charge on any atom is 0.336 e. The largest absolute Gasteiger partial charge is 0.478 e. The summed E-state index contributed by atoms with van der Waals surface area (Å²) in [7, 11) is 0. The van der Waals surface area contributed by atoms with Gasteiger partial charge in [-0.15, -0.1) is 0 Å². The van der Waals surface area contributed by atoms with E-state index in [1.54, 1.807) is 26.0 Å². The Morgan fingerprint density at radius 3 is 2.35 bits per heavy atom. The van der Waals surface area contributed by atoms with Gasteiger partial charge in [0.25, 0.3) is 0 Å². The van der Waals surface area contributed by atoms with E-state index < -0.39 is 5.97 Å². The number of rotatable bonds is 3. The van der Waals surface area contributed by atoms with Gasteiger partial charge >= 0.3 is 5.97 Å². The summed E-state index contributed by atoms with van der Waals surface area (Å²) in [6.45, 7) is 3.53. The first-order valence-electron chi connectivity index (χ1n) is 7.47. The van der Waals surface area contributed by atoms with Crippen LogP contribution in [0.15, 0.2) is 48.5 Å². The first-order valence-corrected chi connectivity index (χ1v) is 7.47. The second kappa shape index (κ2) is 5.84. The molecule has 0 radical (unpaired) electrons. The van der Waals surface area contributed by atoms with Crippen molar-refractivity contribution in [2.75, 3.05) is 0 Å². The SMILES string of the molecule is Cc1cccc(Cc2cc(C)c(F)c3ccccc23)c1C(=O)O. The maximum absolute atomic E-state index is 14.3. The third kappa shape index (κ3) is 2.70. The Labute approximate surface area is 134 Å². The van der Waals surface area contributed by atoms with Gasteiger partial charge in [-0.25, -0.2) is 9.18 Å². The highest BCUT2D eigenvalue weighted by Gasteiger charge is 2.15. The van der Waals surface area contributed by atoms with E-state index in [9.17, 15) is 14.3 Å². The lowest BCUT2D eigenvalue weighted by molar-refractivity contribution is 0.0695. The molecular formula is C20H17FO2. The highest BCUT2D eigenvalue weighted by atomic mass is 19.1. The van der Waals surface area contributed by atoms with Gasteiger partial charge in [0.2, 0.25) is 0 Å². The summed E-state index contributed by atoms with van der Waals surface area (Å²) in [5, 5.41) is 10.9. The van der Waals surface area contributed by atoms with E-state index in [1.807, 2.05) is 36.4 Å². The van der Waals surface area contributed by atoms with Gasteiger partial charge in [0.1, 0.15) is 5.82 Å². The Hall–Kier alpha value is -2.68. The number of aryl methyl sites for hydroxylation is 2. The zero-order valence-electron chi connectivity index (χ0n) is 13.1. The molecule has 3 rings (SSSR count). The number of hydrogen-bond acceptors (Lipinski definition) is 1. The molecule has 0 heterocycles. The first-order chi connectivity index (χ1) is 11.0. The van der Waals surface area contributed by atoms with Crippen molar-refractivity contribution in [2.45, 2.75) is 20.3 Å². The number of carboxylic acid groups (broad SMARTS) is 1. The summed E-state index contributed by atoms with van der Waals surface area (Å²) >= 11 is 0. The maximum atomic E-state index is 14.3. The van der Waals surface area contributed by atoms with Crippen LogP contribution < -0.4 is 0 Å². The number of hydrogen-bond donors (Lipinski definition) is 1. The predicted octanol–water partition coefficient (Wildman–Crippen LogP) is 4.88. The minimum atomic E-state index is -0.929. The quantitative estimate of drug-likeness (QED) is 0.748. The van der Waals surface area contributed by atoms with Gasteiger partial charge in [-0.3, -0.25) is 0 Å². The summed E-state index contributed by atoms with van der Waals surface area (Å²) in [5.74, 6) is -1.15. The van der Waals surface area contributed by atoms with E-state index in [2.05, 4.69) is 0 Å². The van der Waals surface area contributed by atoms with Gasteiger partial charge in [0.05, 0.1) is 5.56 Å². The fourth-order valence-electron chi connectivity index (χ4n) is 3.10. The van der Waals surface area contributed by atoms with E-state index in [4.69, 9.17) is 0 Å². The summed E-state index contributed by atoms with van der Waals surface area (Å²) in [5.41, 5.74) is 3.32. The van der Waals surface area contributed by atoms with Gasteiger partial charge in [0, 0.05) is 5.39 Å². The van der Waals surface area contributed by atoms with Crippen LogP contribution in [0.2, 0.25) is 0 Å². The second-order valence-corrected chi connectivity index (χ2v) is 5.80. The molecule has 116 valence electrons. The van der Waals surface area contributed by atoms with Crippen molar-refractivity contribution < 1.29 is 14.3 Å². The summed E-state index contributed by atoms with van der Waals surface area (Å²) in [4.78, 5) is 11.6. The van der Waals surface area contributed by atoms with E-state index >= 15 is 0 Å². The fourth-order valence-corrected chi connectivity index (χ4v) is 3.10. The highest BCUT2D eigenvalue weighted by molar-refractivity contribution is 5.92. The molecule has 1 N–H and O–H groups in total. The molecule has 0 amide bonds. The van der Waals surface area contributed by atoms with Crippen LogP contribution >= 0.6 is 0 Å². The lowest BCUT2D eigenvalue weighted by Crippen LogP contribution is -2.06. The van der Waals surface area contributed by atoms with Gasteiger partial charge in [0.15, 0.2) is 0 Å². The third-order valence-corrected chi connectivity index (χ3v) is 4.20. The Kier molecular flexibility index (Phi) is 3.87. The van der Waals surface area contributed by atoms with E-state index in [0.29, 0.717) is 22.9 Å². The minimum Gasteiger partial charge on any atom is -0.478 e. The van der Waals surface area contributed by atoms with Crippen molar-refractivity contribution in [3.05, 3.63) is 82.2 Å². The highest BCUT2D eigenvalue weighted by Crippen LogP contribution is 2.28. The van der Waals surface area contributed by atoms with Crippen LogP contribution in [-0.2, 0) is 6.42 Å². The molecule has 0 atom stereocenters. The first kappa shape index (κ1) is 15.2. The Balaban J connectivity index is 2.19. The molecule has 0 aliphatic heterocycles.